The summed E-state index contributed by atoms with van der Waals surface area (Å²) in [5.74, 6) is 1.71. The fourth-order valence-electron chi connectivity index (χ4n) is 4.44. The van der Waals surface area contributed by atoms with E-state index in [1.807, 2.05) is 36.4 Å². The fourth-order valence-corrected chi connectivity index (χ4v) is 4.44. The minimum absolute atomic E-state index is 0.0233. The maximum atomic E-state index is 13.0. The van der Waals surface area contributed by atoms with Gasteiger partial charge in [0.1, 0.15) is 0 Å². The van der Waals surface area contributed by atoms with Crippen LogP contribution in [0.25, 0.3) is 11.3 Å². The van der Waals surface area contributed by atoms with Crippen LogP contribution >= 0.6 is 0 Å². The van der Waals surface area contributed by atoms with Gasteiger partial charge in [-0.3, -0.25) is 9.69 Å². The molecule has 0 bridgehead atoms. The highest BCUT2D eigenvalue weighted by Gasteiger charge is 2.25. The van der Waals surface area contributed by atoms with Gasteiger partial charge in [-0.1, -0.05) is 29.8 Å². The summed E-state index contributed by atoms with van der Waals surface area (Å²) in [6.45, 7) is 6.57. The van der Waals surface area contributed by atoms with Gasteiger partial charge in [-0.15, -0.1) is 0 Å². The number of aryl methyl sites for hydroxylation is 2. The number of carbonyl (C=O) groups excluding carboxylic acids is 1. The number of carbonyl (C=O) groups is 1. The number of methoxy groups -OCH3 is 2. The first-order valence-electron chi connectivity index (χ1n) is 11.8. The van der Waals surface area contributed by atoms with Crippen LogP contribution in [0.1, 0.15) is 52.5 Å². The first-order valence-corrected chi connectivity index (χ1v) is 11.8. The van der Waals surface area contributed by atoms with E-state index in [1.54, 1.807) is 20.3 Å². The van der Waals surface area contributed by atoms with Gasteiger partial charge in [0, 0.05) is 18.2 Å². The lowest BCUT2D eigenvalue weighted by Gasteiger charge is -2.35. The second-order valence-corrected chi connectivity index (χ2v) is 8.81. The van der Waals surface area contributed by atoms with Gasteiger partial charge in [0.05, 0.1) is 20.3 Å². The zero-order valence-electron chi connectivity index (χ0n) is 20.4. The standard InChI is InChI=1S/C27H33N3O4/c1-18-8-9-21(14-19(18)2)25-16-22(29-34-25)27(31)28-17-23(30-12-6-5-7-13-30)20-10-11-24(32-3)26(15-20)33-4/h8-11,14-16,23H,5-7,12-13,17H2,1-4H3,(H,28,31)/t23-/m0/s1. The summed E-state index contributed by atoms with van der Waals surface area (Å²) >= 11 is 0. The molecule has 2 aromatic carbocycles. The molecule has 0 radical (unpaired) electrons. The molecule has 0 unspecified atom stereocenters. The summed E-state index contributed by atoms with van der Waals surface area (Å²) in [7, 11) is 3.26. The maximum Gasteiger partial charge on any atom is 0.273 e. The Hall–Kier alpha value is -3.32. The van der Waals surface area contributed by atoms with Crippen molar-refractivity contribution in [3.05, 3.63) is 64.8 Å². The van der Waals surface area contributed by atoms with E-state index in [0.29, 0.717) is 23.8 Å². The minimum atomic E-state index is -0.249. The van der Waals surface area contributed by atoms with Crippen LogP contribution in [0.5, 0.6) is 11.5 Å². The highest BCUT2D eigenvalue weighted by Crippen LogP contribution is 2.33. The van der Waals surface area contributed by atoms with Gasteiger partial charge in [-0.25, -0.2) is 0 Å². The number of likely N-dealkylation sites (tertiary alicyclic amines) is 1. The van der Waals surface area contributed by atoms with Gasteiger partial charge < -0.3 is 19.3 Å². The van der Waals surface area contributed by atoms with Crippen LogP contribution in [0.15, 0.2) is 47.0 Å². The first kappa shape index (κ1) is 23.8. The molecule has 7 heteroatoms. The van der Waals surface area contributed by atoms with E-state index in [-0.39, 0.29) is 17.6 Å². The van der Waals surface area contributed by atoms with Gasteiger partial charge in [0.2, 0.25) is 0 Å². The smallest absolute Gasteiger partial charge is 0.273 e. The van der Waals surface area contributed by atoms with Gasteiger partial charge in [-0.2, -0.15) is 0 Å². The summed E-state index contributed by atoms with van der Waals surface area (Å²) < 4.78 is 16.4. The molecule has 1 aliphatic heterocycles. The monoisotopic (exact) mass is 463 g/mol. The second-order valence-electron chi connectivity index (χ2n) is 8.81. The molecule has 1 saturated heterocycles. The zero-order valence-corrected chi connectivity index (χ0v) is 20.4. The number of amides is 1. The molecule has 1 amide bonds. The van der Waals surface area contributed by atoms with Crippen LogP contribution in [-0.2, 0) is 0 Å². The fraction of sp³-hybridized carbons (Fsp3) is 0.407. The van der Waals surface area contributed by atoms with Crippen molar-refractivity contribution in [3.8, 4) is 22.8 Å². The van der Waals surface area contributed by atoms with Crippen molar-refractivity contribution in [2.75, 3.05) is 33.9 Å². The first-order chi connectivity index (χ1) is 16.5. The van der Waals surface area contributed by atoms with Crippen molar-refractivity contribution in [3.63, 3.8) is 0 Å². The molecule has 4 rings (SSSR count). The Balaban J connectivity index is 1.51. The van der Waals surface area contributed by atoms with Crippen LogP contribution < -0.4 is 14.8 Å². The summed E-state index contributed by atoms with van der Waals surface area (Å²) in [5, 5.41) is 7.09. The summed E-state index contributed by atoms with van der Waals surface area (Å²) in [4.78, 5) is 15.4. The molecule has 1 aromatic heterocycles. The largest absolute Gasteiger partial charge is 0.493 e. The minimum Gasteiger partial charge on any atom is -0.493 e. The second kappa shape index (κ2) is 10.7. The van der Waals surface area contributed by atoms with Crippen molar-refractivity contribution >= 4 is 5.91 Å². The maximum absolute atomic E-state index is 13.0. The van der Waals surface area contributed by atoms with Gasteiger partial charge in [-0.05, 0) is 74.7 Å². The lowest BCUT2D eigenvalue weighted by atomic mass is 10.0. The van der Waals surface area contributed by atoms with E-state index in [1.165, 1.54) is 17.5 Å². The number of hydrogen-bond acceptors (Lipinski definition) is 6. The average Bonchev–Trinajstić information content (AvgIpc) is 3.37. The number of rotatable bonds is 8. The molecule has 7 nitrogen and oxygen atoms in total. The van der Waals surface area contributed by atoms with Gasteiger partial charge >= 0.3 is 0 Å². The normalized spacial score (nSPS) is 15.1. The number of aromatic nitrogens is 1. The third-order valence-corrected chi connectivity index (χ3v) is 6.61. The van der Waals surface area contributed by atoms with E-state index in [0.717, 1.165) is 37.1 Å². The molecule has 180 valence electrons. The lowest BCUT2D eigenvalue weighted by molar-refractivity contribution is 0.0915. The lowest BCUT2D eigenvalue weighted by Crippen LogP contribution is -2.40. The summed E-state index contributed by atoms with van der Waals surface area (Å²) in [5.41, 5.74) is 4.64. The molecular weight excluding hydrogens is 430 g/mol. The molecule has 3 aromatic rings. The Morgan fingerprint density at radius 1 is 1.00 bits per heavy atom. The molecule has 1 N–H and O–H groups in total. The van der Waals surface area contributed by atoms with Crippen molar-refractivity contribution in [2.24, 2.45) is 0 Å². The Kier molecular flexibility index (Phi) is 7.53. The van der Waals surface area contributed by atoms with Crippen molar-refractivity contribution in [1.29, 1.82) is 0 Å². The average molecular weight is 464 g/mol. The molecule has 2 heterocycles. The Labute approximate surface area is 201 Å². The van der Waals surface area contributed by atoms with Crippen LogP contribution in [0.3, 0.4) is 0 Å². The number of ether oxygens (including phenoxy) is 2. The Morgan fingerprint density at radius 2 is 1.76 bits per heavy atom. The van der Waals surface area contributed by atoms with E-state index >= 15 is 0 Å². The van der Waals surface area contributed by atoms with Crippen molar-refractivity contribution in [2.45, 2.75) is 39.2 Å². The Bertz CT molecular complexity index is 1130. The molecular formula is C27H33N3O4. The summed E-state index contributed by atoms with van der Waals surface area (Å²) in [6, 6.07) is 13.7. The third kappa shape index (κ3) is 5.25. The summed E-state index contributed by atoms with van der Waals surface area (Å²) in [6.07, 6.45) is 3.54. The van der Waals surface area contributed by atoms with Gasteiger partial charge in [0.15, 0.2) is 23.0 Å². The highest BCUT2D eigenvalue weighted by molar-refractivity contribution is 5.93. The van der Waals surface area contributed by atoms with Crippen LogP contribution in [0, 0.1) is 13.8 Å². The molecule has 1 aliphatic rings. The molecule has 34 heavy (non-hydrogen) atoms. The van der Waals surface area contributed by atoms with E-state index in [4.69, 9.17) is 14.0 Å². The topological polar surface area (TPSA) is 76.8 Å². The number of benzene rings is 2. The van der Waals surface area contributed by atoms with E-state index in [9.17, 15) is 4.79 Å². The van der Waals surface area contributed by atoms with E-state index in [2.05, 4.69) is 29.2 Å². The third-order valence-electron chi connectivity index (χ3n) is 6.61. The van der Waals surface area contributed by atoms with Gasteiger partial charge in [0.25, 0.3) is 5.91 Å². The van der Waals surface area contributed by atoms with Crippen LogP contribution in [0.2, 0.25) is 0 Å². The molecule has 1 atom stereocenters. The van der Waals surface area contributed by atoms with Crippen LogP contribution in [0.4, 0.5) is 0 Å². The van der Waals surface area contributed by atoms with Crippen LogP contribution in [-0.4, -0.2) is 49.8 Å². The van der Waals surface area contributed by atoms with E-state index < -0.39 is 0 Å². The zero-order chi connectivity index (χ0) is 24.1. The number of piperidine rings is 1. The molecule has 0 saturated carbocycles. The van der Waals surface area contributed by atoms with Crippen molar-refractivity contribution in [1.82, 2.24) is 15.4 Å². The SMILES string of the molecule is COc1ccc([C@H](CNC(=O)c2cc(-c3ccc(C)c(C)c3)on2)N2CCCCC2)cc1OC. The highest BCUT2D eigenvalue weighted by atomic mass is 16.5. The number of nitrogens with zero attached hydrogens (tertiary/aromatic N) is 2. The number of nitrogens with one attached hydrogen (secondary N) is 1. The predicted octanol–water partition coefficient (Wildman–Crippen LogP) is 4.93. The molecule has 0 spiro atoms. The van der Waals surface area contributed by atoms with Crippen molar-refractivity contribution < 1.29 is 18.8 Å². The predicted molar refractivity (Wildman–Crippen MR) is 131 cm³/mol. The molecule has 0 aliphatic carbocycles. The number of hydrogen-bond donors (Lipinski definition) is 1. The Morgan fingerprint density at radius 3 is 2.47 bits per heavy atom. The molecule has 1 fully saturated rings. The quantitative estimate of drug-likeness (QED) is 0.510.